The molecule has 0 fully saturated rings. The van der Waals surface area contributed by atoms with Gasteiger partial charge in [-0.3, -0.25) is 4.79 Å². The average Bonchev–Trinajstić information content (AvgIpc) is 3.39. The Balaban J connectivity index is 1.55. The number of fused-ring (bicyclic) bond motifs is 1. The Kier molecular flexibility index (Phi) is 4.95. The van der Waals surface area contributed by atoms with Crippen LogP contribution in [0.2, 0.25) is 0 Å². The van der Waals surface area contributed by atoms with Gasteiger partial charge in [-0.25, -0.2) is 15.1 Å². The zero-order valence-corrected chi connectivity index (χ0v) is 15.9. The summed E-state index contributed by atoms with van der Waals surface area (Å²) in [6.45, 7) is 1.90. The highest BCUT2D eigenvalue weighted by Crippen LogP contribution is 2.32. The van der Waals surface area contributed by atoms with Crippen molar-refractivity contribution in [3.05, 3.63) is 24.5 Å². The molecule has 0 aliphatic rings. The molecule has 0 aliphatic carbocycles. The van der Waals surface area contributed by atoms with E-state index in [2.05, 4.69) is 45.9 Å². The Morgan fingerprint density at radius 3 is 3.00 bits per heavy atom. The minimum atomic E-state index is -0.444. The van der Waals surface area contributed by atoms with Crippen LogP contribution in [0.15, 0.2) is 29.6 Å². The number of nitrogens with one attached hydrogen (secondary N) is 3. The molecule has 12 nitrogen and oxygen atoms in total. The number of aromatic hydroxyl groups is 1. The summed E-state index contributed by atoms with van der Waals surface area (Å²) in [6, 6.07) is 4.64. The second-order valence-electron chi connectivity index (χ2n) is 5.97. The lowest BCUT2D eigenvalue weighted by Gasteiger charge is -2.15. The van der Waals surface area contributed by atoms with E-state index < -0.39 is 5.25 Å². The van der Waals surface area contributed by atoms with E-state index in [1.165, 1.54) is 24.2 Å². The van der Waals surface area contributed by atoms with Gasteiger partial charge in [0.1, 0.15) is 16.3 Å². The first-order chi connectivity index (χ1) is 14.0. The Bertz CT molecular complexity index is 1160. The Morgan fingerprint density at radius 1 is 1.38 bits per heavy atom. The number of thioether (sulfide) groups is 1. The number of nitrogens with zero attached hydrogens (tertiary/aromatic N) is 6. The molecule has 1 aromatic carbocycles. The molecule has 0 saturated heterocycles. The smallest absolute Gasteiger partial charge is 0.237 e. The third-order valence-electron chi connectivity index (χ3n) is 4.05. The molecule has 1 amide bonds. The summed E-state index contributed by atoms with van der Waals surface area (Å²) in [6.07, 6.45) is 2.05. The normalized spacial score (nSPS) is 12.2. The van der Waals surface area contributed by atoms with Crippen molar-refractivity contribution in [2.75, 3.05) is 11.1 Å². The number of nitrogens with two attached hydrogens (primary N) is 1. The molecule has 0 unspecified atom stereocenters. The van der Waals surface area contributed by atoms with E-state index in [0.29, 0.717) is 33.9 Å². The monoisotopic (exact) mass is 412 g/mol. The van der Waals surface area contributed by atoms with Gasteiger partial charge in [0.15, 0.2) is 11.5 Å². The molecule has 148 valence electrons. The number of carbonyl (C=O) groups is 1. The number of amides is 1. The van der Waals surface area contributed by atoms with Crippen LogP contribution < -0.4 is 11.1 Å². The van der Waals surface area contributed by atoms with Gasteiger partial charge in [-0.1, -0.05) is 18.7 Å². The second kappa shape index (κ2) is 7.71. The molecule has 3 heterocycles. The molecule has 29 heavy (non-hydrogen) atoms. The largest absolute Gasteiger partial charge is 0.507 e. The quantitative estimate of drug-likeness (QED) is 0.176. The topological polar surface area (TPSA) is 184 Å². The predicted molar refractivity (Wildman–Crippen MR) is 106 cm³/mol. The summed E-state index contributed by atoms with van der Waals surface area (Å²) < 4.78 is 0. The molecule has 0 radical (unpaired) electrons. The molecular weight excluding hydrogens is 396 g/mol. The highest BCUT2D eigenvalue weighted by Gasteiger charge is 2.22. The number of phenolic OH excluding ortho intramolecular Hbond substituents is 1. The molecule has 3 aromatic heterocycles. The molecule has 4 rings (SSSR count). The lowest BCUT2D eigenvalue weighted by atomic mass is 10.1. The van der Waals surface area contributed by atoms with Gasteiger partial charge in [-0.05, 0) is 35.0 Å². The van der Waals surface area contributed by atoms with Gasteiger partial charge in [-0.2, -0.15) is 4.98 Å². The maximum atomic E-state index is 12.8. The molecular formula is C16H16N10O2S. The van der Waals surface area contributed by atoms with Gasteiger partial charge in [0.05, 0.1) is 17.1 Å². The third-order valence-corrected chi connectivity index (χ3v) is 5.40. The van der Waals surface area contributed by atoms with Gasteiger partial charge in [0, 0.05) is 5.69 Å². The van der Waals surface area contributed by atoms with Crippen LogP contribution in [0, 0.1) is 0 Å². The SMILES string of the molecule is CC[C@@H](Sc1nc(N)nc2nc[nH]c12)C(=O)Nc1ccc(O)c(-c2nnn[nH]2)c1. The molecule has 0 spiro atoms. The molecule has 1 atom stereocenters. The summed E-state index contributed by atoms with van der Waals surface area (Å²) in [5.41, 5.74) is 7.68. The minimum absolute atomic E-state index is 0.0129. The van der Waals surface area contributed by atoms with Crippen LogP contribution in [0.1, 0.15) is 13.3 Å². The number of carbonyl (C=O) groups excluding carboxylic acids is 1. The Hall–Kier alpha value is -3.74. The number of imidazole rings is 1. The van der Waals surface area contributed by atoms with E-state index in [1.54, 1.807) is 12.1 Å². The Labute approximate surface area is 167 Å². The van der Waals surface area contributed by atoms with Crippen LogP contribution in [0.3, 0.4) is 0 Å². The fraction of sp³-hybridized carbons (Fsp3) is 0.188. The summed E-state index contributed by atoms with van der Waals surface area (Å²) in [4.78, 5) is 28.2. The van der Waals surface area contributed by atoms with Gasteiger partial charge >= 0.3 is 0 Å². The van der Waals surface area contributed by atoms with Crippen molar-refractivity contribution >= 4 is 40.5 Å². The van der Waals surface area contributed by atoms with E-state index in [4.69, 9.17) is 5.73 Å². The van der Waals surface area contributed by atoms with Gasteiger partial charge < -0.3 is 21.1 Å². The number of anilines is 2. The average molecular weight is 412 g/mol. The zero-order valence-electron chi connectivity index (χ0n) is 15.1. The van der Waals surface area contributed by atoms with Crippen LogP contribution in [0.5, 0.6) is 5.75 Å². The lowest BCUT2D eigenvalue weighted by Crippen LogP contribution is -2.24. The van der Waals surface area contributed by atoms with Gasteiger partial charge in [0.2, 0.25) is 11.9 Å². The van der Waals surface area contributed by atoms with Crippen LogP contribution in [0.4, 0.5) is 11.6 Å². The van der Waals surface area contributed by atoms with Crippen molar-refractivity contribution in [3.8, 4) is 17.1 Å². The molecule has 13 heteroatoms. The number of aromatic amines is 2. The standard InChI is InChI=1S/C16H16N10O2S/c1-2-10(29-15-11-13(19-6-18-11)21-16(17)22-15)14(28)20-7-3-4-9(27)8(5-7)12-23-25-26-24-12/h3-6,10,27H,2H2,1H3,(H,20,28)(H,23,24,25,26)(H3,17,18,19,21,22)/t10-/m1/s1. The molecule has 6 N–H and O–H groups in total. The van der Waals surface area contributed by atoms with E-state index in [9.17, 15) is 9.90 Å². The summed E-state index contributed by atoms with van der Waals surface area (Å²) in [5, 5.41) is 26.3. The number of hydrogen-bond acceptors (Lipinski definition) is 10. The first kappa shape index (κ1) is 18.6. The van der Waals surface area contributed by atoms with E-state index in [-0.39, 0.29) is 23.4 Å². The van der Waals surface area contributed by atoms with Gasteiger partial charge in [-0.15, -0.1) is 5.10 Å². The van der Waals surface area contributed by atoms with Crippen molar-refractivity contribution in [2.24, 2.45) is 0 Å². The molecule has 0 saturated carbocycles. The highest BCUT2D eigenvalue weighted by molar-refractivity contribution is 8.00. The lowest BCUT2D eigenvalue weighted by molar-refractivity contribution is -0.115. The summed E-state index contributed by atoms with van der Waals surface area (Å²) in [5.74, 6) is 0.139. The first-order valence-corrected chi connectivity index (χ1v) is 9.44. The Morgan fingerprint density at radius 2 is 2.24 bits per heavy atom. The number of nitrogen functional groups attached to an aromatic ring is 1. The van der Waals surface area contributed by atoms with Crippen molar-refractivity contribution in [2.45, 2.75) is 23.6 Å². The van der Waals surface area contributed by atoms with Crippen LogP contribution in [0.25, 0.3) is 22.6 Å². The number of benzene rings is 1. The number of phenols is 1. The highest BCUT2D eigenvalue weighted by atomic mass is 32.2. The molecule has 4 aromatic rings. The van der Waals surface area contributed by atoms with Crippen molar-refractivity contribution < 1.29 is 9.90 Å². The summed E-state index contributed by atoms with van der Waals surface area (Å²) >= 11 is 1.27. The van der Waals surface area contributed by atoms with E-state index in [1.807, 2.05) is 6.92 Å². The van der Waals surface area contributed by atoms with Crippen molar-refractivity contribution in [1.82, 2.24) is 40.6 Å². The fourth-order valence-electron chi connectivity index (χ4n) is 2.66. The molecule has 0 bridgehead atoms. The number of rotatable bonds is 6. The minimum Gasteiger partial charge on any atom is -0.507 e. The van der Waals surface area contributed by atoms with Gasteiger partial charge in [0.25, 0.3) is 0 Å². The summed E-state index contributed by atoms with van der Waals surface area (Å²) in [7, 11) is 0. The predicted octanol–water partition coefficient (Wildman–Crippen LogP) is 1.33. The number of hydrogen-bond donors (Lipinski definition) is 5. The third kappa shape index (κ3) is 3.80. The first-order valence-electron chi connectivity index (χ1n) is 8.56. The van der Waals surface area contributed by atoms with E-state index in [0.717, 1.165) is 0 Å². The van der Waals surface area contributed by atoms with E-state index >= 15 is 0 Å². The number of aromatic nitrogens is 8. The number of H-pyrrole nitrogens is 2. The van der Waals surface area contributed by atoms with Crippen LogP contribution in [-0.2, 0) is 4.79 Å². The maximum absolute atomic E-state index is 12.8. The van der Waals surface area contributed by atoms with Crippen molar-refractivity contribution in [1.29, 1.82) is 0 Å². The zero-order chi connectivity index (χ0) is 20.4. The van der Waals surface area contributed by atoms with Crippen LogP contribution in [-0.4, -0.2) is 56.8 Å². The maximum Gasteiger partial charge on any atom is 0.237 e. The number of tetrazole rings is 1. The fourth-order valence-corrected chi connectivity index (χ4v) is 3.68. The van der Waals surface area contributed by atoms with Crippen molar-refractivity contribution in [3.63, 3.8) is 0 Å². The van der Waals surface area contributed by atoms with Crippen LogP contribution >= 0.6 is 11.8 Å². The second-order valence-corrected chi connectivity index (χ2v) is 7.17. The molecule has 0 aliphatic heterocycles.